The molecule has 0 fully saturated rings. The lowest BCUT2D eigenvalue weighted by Gasteiger charge is -2.29. The second-order valence-corrected chi connectivity index (χ2v) is 6.30. The zero-order valence-corrected chi connectivity index (χ0v) is 12.0. The van der Waals surface area contributed by atoms with E-state index in [-0.39, 0.29) is 29.9 Å². The smallest absolute Gasteiger partial charge is 0.229 e. The van der Waals surface area contributed by atoms with Crippen molar-refractivity contribution in [3.05, 3.63) is 23.3 Å². The first-order valence-electron chi connectivity index (χ1n) is 5.56. The Morgan fingerprint density at radius 1 is 1.42 bits per heavy atom. The van der Waals surface area contributed by atoms with Gasteiger partial charge in [0.25, 0.3) is 0 Å². The fraction of sp³-hybridized carbons (Fsp3) is 0.455. The van der Waals surface area contributed by atoms with Crippen LogP contribution in [0.1, 0.15) is 23.7 Å². The summed E-state index contributed by atoms with van der Waals surface area (Å²) in [5.74, 6) is -0.151. The second-order valence-electron chi connectivity index (χ2n) is 4.55. The number of hydrogen-bond donors (Lipinski definition) is 4. The standard InChI is InChI=1S/C11H16N2O4S.ClH/c1-18(16,17)13-10-6-2-4-8(12)11(15)7(6)3-5-9(10)14;/h3,5,8,11,13-15H,2,4,12H2,1H3;1H. The summed E-state index contributed by atoms with van der Waals surface area (Å²) in [7, 11) is -3.49. The van der Waals surface area contributed by atoms with Crippen LogP contribution in [0.5, 0.6) is 5.75 Å². The third-order valence-electron chi connectivity index (χ3n) is 3.07. The van der Waals surface area contributed by atoms with E-state index in [0.717, 1.165) is 6.26 Å². The van der Waals surface area contributed by atoms with Crippen LogP contribution < -0.4 is 10.5 Å². The molecule has 108 valence electrons. The van der Waals surface area contributed by atoms with Crippen molar-refractivity contribution in [2.24, 2.45) is 5.73 Å². The van der Waals surface area contributed by atoms with Crippen LogP contribution in [-0.2, 0) is 16.4 Å². The molecule has 0 heterocycles. The monoisotopic (exact) mass is 308 g/mol. The molecule has 2 rings (SSSR count). The molecule has 8 heteroatoms. The van der Waals surface area contributed by atoms with Gasteiger partial charge in [-0.3, -0.25) is 4.72 Å². The summed E-state index contributed by atoms with van der Waals surface area (Å²) >= 11 is 0. The van der Waals surface area contributed by atoms with Crippen molar-refractivity contribution in [3.8, 4) is 5.75 Å². The highest BCUT2D eigenvalue weighted by Gasteiger charge is 2.28. The summed E-state index contributed by atoms with van der Waals surface area (Å²) in [6.45, 7) is 0. The molecular weight excluding hydrogens is 292 g/mol. The number of phenolic OH excluding ortho intramolecular Hbond substituents is 1. The number of anilines is 1. The minimum atomic E-state index is -3.49. The topological polar surface area (TPSA) is 113 Å². The average molecular weight is 309 g/mol. The molecule has 1 aromatic rings. The quantitative estimate of drug-likeness (QED) is 0.594. The van der Waals surface area contributed by atoms with Crippen LogP contribution in [0.3, 0.4) is 0 Å². The molecule has 0 bridgehead atoms. The fourth-order valence-electron chi connectivity index (χ4n) is 2.20. The first kappa shape index (κ1) is 16.0. The van der Waals surface area contributed by atoms with Gasteiger partial charge >= 0.3 is 0 Å². The molecule has 1 aromatic carbocycles. The van der Waals surface area contributed by atoms with Gasteiger partial charge in [-0.2, -0.15) is 0 Å². The van der Waals surface area contributed by atoms with Crippen molar-refractivity contribution in [2.45, 2.75) is 25.0 Å². The molecule has 0 aliphatic heterocycles. The Kier molecular flexibility index (Phi) is 4.67. The van der Waals surface area contributed by atoms with Crippen LogP contribution in [0.15, 0.2) is 12.1 Å². The Hall–Kier alpha value is -1.02. The van der Waals surface area contributed by atoms with Crippen LogP contribution in [0.25, 0.3) is 0 Å². The third-order valence-corrected chi connectivity index (χ3v) is 3.64. The van der Waals surface area contributed by atoms with Crippen LogP contribution in [0.2, 0.25) is 0 Å². The van der Waals surface area contributed by atoms with E-state index < -0.39 is 16.1 Å². The van der Waals surface area contributed by atoms with E-state index in [1.807, 2.05) is 0 Å². The third kappa shape index (κ3) is 3.30. The summed E-state index contributed by atoms with van der Waals surface area (Å²) in [6.07, 6.45) is 1.22. The summed E-state index contributed by atoms with van der Waals surface area (Å²) < 4.78 is 24.8. The zero-order chi connectivity index (χ0) is 13.5. The van der Waals surface area contributed by atoms with E-state index in [9.17, 15) is 18.6 Å². The van der Waals surface area contributed by atoms with Crippen LogP contribution in [0.4, 0.5) is 5.69 Å². The van der Waals surface area contributed by atoms with Gasteiger partial charge in [-0.15, -0.1) is 12.4 Å². The van der Waals surface area contributed by atoms with Gasteiger partial charge in [-0.25, -0.2) is 8.42 Å². The Morgan fingerprint density at radius 3 is 2.63 bits per heavy atom. The number of aliphatic hydroxyl groups is 1. The van der Waals surface area contributed by atoms with Gasteiger partial charge in [-0.1, -0.05) is 6.07 Å². The molecule has 0 aromatic heterocycles. The zero-order valence-electron chi connectivity index (χ0n) is 10.3. The number of benzene rings is 1. The molecule has 1 aliphatic rings. The molecule has 0 amide bonds. The Bertz CT molecular complexity index is 576. The van der Waals surface area contributed by atoms with Crippen molar-refractivity contribution in [3.63, 3.8) is 0 Å². The van der Waals surface area contributed by atoms with Gasteiger partial charge < -0.3 is 15.9 Å². The number of nitrogens with one attached hydrogen (secondary N) is 1. The van der Waals surface area contributed by atoms with Crippen molar-refractivity contribution < 1.29 is 18.6 Å². The minimum absolute atomic E-state index is 0. The maximum atomic E-state index is 11.3. The molecular formula is C11H17ClN2O4S. The van der Waals surface area contributed by atoms with E-state index in [4.69, 9.17) is 5.73 Å². The Morgan fingerprint density at radius 2 is 2.05 bits per heavy atom. The Balaban J connectivity index is 0.00000180. The highest BCUT2D eigenvalue weighted by atomic mass is 35.5. The van der Waals surface area contributed by atoms with E-state index in [1.54, 1.807) is 6.07 Å². The molecule has 2 unspecified atom stereocenters. The van der Waals surface area contributed by atoms with Crippen LogP contribution >= 0.6 is 12.4 Å². The normalized spacial score (nSPS) is 22.3. The van der Waals surface area contributed by atoms with Gasteiger partial charge in [0.15, 0.2) is 0 Å². The lowest BCUT2D eigenvalue weighted by Crippen LogP contribution is -2.33. The van der Waals surface area contributed by atoms with Gasteiger partial charge in [0.1, 0.15) is 5.75 Å². The second kappa shape index (κ2) is 5.54. The van der Waals surface area contributed by atoms with Gasteiger partial charge in [-0.05, 0) is 30.0 Å². The SMILES string of the molecule is CS(=O)(=O)Nc1c(O)ccc2c1CCC(N)C2O.Cl. The van der Waals surface area contributed by atoms with Crippen molar-refractivity contribution in [1.29, 1.82) is 0 Å². The molecule has 0 spiro atoms. The van der Waals surface area contributed by atoms with Crippen LogP contribution in [-0.4, -0.2) is 30.9 Å². The first-order valence-corrected chi connectivity index (χ1v) is 7.45. The van der Waals surface area contributed by atoms with Crippen molar-refractivity contribution in [2.75, 3.05) is 11.0 Å². The van der Waals surface area contributed by atoms with Gasteiger partial charge in [0, 0.05) is 6.04 Å². The summed E-state index contributed by atoms with van der Waals surface area (Å²) in [4.78, 5) is 0. The average Bonchev–Trinajstić information content (AvgIpc) is 2.26. The summed E-state index contributed by atoms with van der Waals surface area (Å²) in [5.41, 5.74) is 7.07. The molecule has 0 saturated carbocycles. The maximum absolute atomic E-state index is 11.3. The largest absolute Gasteiger partial charge is 0.506 e. The number of nitrogens with two attached hydrogens (primary N) is 1. The highest BCUT2D eigenvalue weighted by molar-refractivity contribution is 7.92. The fourth-order valence-corrected chi connectivity index (χ4v) is 2.80. The number of aromatic hydroxyl groups is 1. The summed E-state index contributed by atoms with van der Waals surface area (Å²) in [6, 6.07) is 2.56. The lowest BCUT2D eigenvalue weighted by molar-refractivity contribution is 0.134. The first-order chi connectivity index (χ1) is 8.29. The molecule has 1 aliphatic carbocycles. The molecule has 19 heavy (non-hydrogen) atoms. The van der Waals surface area contributed by atoms with Crippen molar-refractivity contribution in [1.82, 2.24) is 0 Å². The van der Waals surface area contributed by atoms with E-state index in [0.29, 0.717) is 24.0 Å². The predicted molar refractivity (Wildman–Crippen MR) is 75.1 cm³/mol. The molecule has 2 atom stereocenters. The van der Waals surface area contributed by atoms with Crippen LogP contribution in [0, 0.1) is 0 Å². The maximum Gasteiger partial charge on any atom is 0.229 e. The van der Waals surface area contributed by atoms with Gasteiger partial charge in [0.2, 0.25) is 10.0 Å². The number of aliphatic hydroxyl groups excluding tert-OH is 1. The molecule has 6 nitrogen and oxygen atoms in total. The highest BCUT2D eigenvalue weighted by Crippen LogP contribution is 2.38. The number of sulfonamides is 1. The predicted octanol–water partition coefficient (Wildman–Crippen LogP) is 0.492. The lowest BCUT2D eigenvalue weighted by atomic mass is 9.85. The van der Waals surface area contributed by atoms with Gasteiger partial charge in [0.05, 0.1) is 18.0 Å². The van der Waals surface area contributed by atoms with E-state index in [2.05, 4.69) is 4.72 Å². The number of hydrogen-bond acceptors (Lipinski definition) is 5. The molecule has 0 radical (unpaired) electrons. The molecule has 5 N–H and O–H groups in total. The number of rotatable bonds is 2. The van der Waals surface area contributed by atoms with E-state index >= 15 is 0 Å². The number of phenols is 1. The summed E-state index contributed by atoms with van der Waals surface area (Å²) in [5, 5.41) is 19.7. The van der Waals surface area contributed by atoms with E-state index in [1.165, 1.54) is 6.07 Å². The van der Waals surface area contributed by atoms with Crippen molar-refractivity contribution >= 4 is 28.1 Å². The minimum Gasteiger partial charge on any atom is -0.506 e. The Labute approximate surface area is 118 Å². The number of fused-ring (bicyclic) bond motifs is 1. The number of halogens is 1. The molecule has 0 saturated heterocycles.